The maximum atomic E-state index is 15.1. The molecule has 0 amide bonds. The Morgan fingerprint density at radius 2 is 2.14 bits per heavy atom. The number of carboxylic acid groups (broad SMARTS) is 1. The van der Waals surface area contributed by atoms with E-state index in [0.717, 1.165) is 31.5 Å². The van der Waals surface area contributed by atoms with Crippen LogP contribution in [0, 0.1) is 18.2 Å². The van der Waals surface area contributed by atoms with Crippen LogP contribution in [0.4, 0.5) is 14.5 Å². The molecular weight excluding hydrogens is 368 g/mol. The van der Waals surface area contributed by atoms with Crippen molar-refractivity contribution in [1.82, 2.24) is 4.57 Å². The van der Waals surface area contributed by atoms with E-state index in [1.54, 1.807) is 6.92 Å². The van der Waals surface area contributed by atoms with Gasteiger partial charge in [0, 0.05) is 30.7 Å². The zero-order valence-electron chi connectivity index (χ0n) is 15.7. The minimum absolute atomic E-state index is 0.0467. The third-order valence-electron chi connectivity index (χ3n) is 6.03. The number of benzene rings is 1. The van der Waals surface area contributed by atoms with E-state index in [-0.39, 0.29) is 23.4 Å². The van der Waals surface area contributed by atoms with Gasteiger partial charge in [-0.15, -0.1) is 0 Å². The number of anilines is 1. The predicted octanol–water partition coefficient (Wildman–Crippen LogP) is 2.43. The van der Waals surface area contributed by atoms with Crippen LogP contribution in [0.2, 0.25) is 0 Å². The molecule has 4 rings (SSSR count). The number of aromatic carboxylic acids is 1. The van der Waals surface area contributed by atoms with Gasteiger partial charge >= 0.3 is 5.97 Å². The molecule has 1 unspecified atom stereocenters. The van der Waals surface area contributed by atoms with Crippen LogP contribution in [0.25, 0.3) is 10.9 Å². The molecule has 8 heteroatoms. The quantitative estimate of drug-likeness (QED) is 0.836. The van der Waals surface area contributed by atoms with Gasteiger partial charge in [0.25, 0.3) is 0 Å². The van der Waals surface area contributed by atoms with Crippen LogP contribution in [0.5, 0.6) is 0 Å². The van der Waals surface area contributed by atoms with Gasteiger partial charge in [-0.25, -0.2) is 13.6 Å². The Balaban J connectivity index is 1.94. The highest BCUT2D eigenvalue weighted by molar-refractivity contribution is 5.95. The Labute approximate surface area is 160 Å². The lowest BCUT2D eigenvalue weighted by Gasteiger charge is -2.39. The molecule has 1 aromatic heterocycles. The smallest absolute Gasteiger partial charge is 0.341 e. The molecule has 28 heavy (non-hydrogen) atoms. The summed E-state index contributed by atoms with van der Waals surface area (Å²) >= 11 is 0. The van der Waals surface area contributed by atoms with E-state index in [0.29, 0.717) is 29.9 Å². The van der Waals surface area contributed by atoms with Crippen LogP contribution >= 0.6 is 0 Å². The summed E-state index contributed by atoms with van der Waals surface area (Å²) in [5.41, 5.74) is 6.32. The molecule has 1 spiro atoms. The summed E-state index contributed by atoms with van der Waals surface area (Å²) in [6, 6.07) is 1.02. The number of carbonyl (C=O) groups is 1. The number of nitrogens with zero attached hydrogens (tertiary/aromatic N) is 2. The third kappa shape index (κ3) is 2.96. The van der Waals surface area contributed by atoms with Crippen LogP contribution < -0.4 is 16.1 Å². The second-order valence-electron chi connectivity index (χ2n) is 8.13. The number of halogens is 2. The van der Waals surface area contributed by atoms with E-state index in [2.05, 4.69) is 0 Å². The number of rotatable bonds is 4. The number of hydrogen-bond donors (Lipinski definition) is 2. The monoisotopic (exact) mass is 391 g/mol. The summed E-state index contributed by atoms with van der Waals surface area (Å²) in [5.74, 6) is -2.00. The lowest BCUT2D eigenvalue weighted by atomic mass is 9.90. The highest BCUT2D eigenvalue weighted by Gasteiger charge is 2.48. The summed E-state index contributed by atoms with van der Waals surface area (Å²) in [5, 5.41) is 9.24. The molecule has 0 bridgehead atoms. The Kier molecular flexibility index (Phi) is 4.41. The molecule has 1 aromatic carbocycles. The van der Waals surface area contributed by atoms with Crippen molar-refractivity contribution < 1.29 is 18.7 Å². The molecule has 1 saturated heterocycles. The van der Waals surface area contributed by atoms with Crippen LogP contribution in [0.1, 0.15) is 35.2 Å². The first-order valence-electron chi connectivity index (χ1n) is 9.42. The van der Waals surface area contributed by atoms with Gasteiger partial charge in [-0.1, -0.05) is 0 Å². The molecule has 0 radical (unpaired) electrons. The molecule has 2 aliphatic rings. The lowest BCUT2D eigenvalue weighted by molar-refractivity contribution is 0.0694. The van der Waals surface area contributed by atoms with Gasteiger partial charge < -0.3 is 20.3 Å². The van der Waals surface area contributed by atoms with Crippen LogP contribution in [-0.4, -0.2) is 41.4 Å². The summed E-state index contributed by atoms with van der Waals surface area (Å²) in [7, 11) is 0. The number of aryl methyl sites for hydroxylation is 2. The standard InChI is InChI=1S/C20H23F2N3O3/c1-11-16-13(18(26)14(19(27)28)9-24(16)5-4-21)6-15(22)17(11)25-8-12(23)7-20(10-25)2-3-20/h6,9,12H,2-5,7-8,10,23H2,1H3,(H,27,28). The molecule has 150 valence electrons. The van der Waals surface area contributed by atoms with E-state index in [9.17, 15) is 19.1 Å². The number of pyridine rings is 1. The van der Waals surface area contributed by atoms with Crippen molar-refractivity contribution in [2.75, 3.05) is 24.7 Å². The molecule has 1 aliphatic heterocycles. The maximum Gasteiger partial charge on any atom is 0.341 e. The average molecular weight is 391 g/mol. The van der Waals surface area contributed by atoms with Crippen LogP contribution in [0.15, 0.2) is 17.1 Å². The van der Waals surface area contributed by atoms with E-state index < -0.39 is 29.5 Å². The largest absolute Gasteiger partial charge is 0.477 e. The molecule has 1 aliphatic carbocycles. The number of piperidine rings is 1. The van der Waals surface area contributed by atoms with Gasteiger partial charge in [-0.05, 0) is 43.2 Å². The summed E-state index contributed by atoms with van der Waals surface area (Å²) in [4.78, 5) is 25.9. The van der Waals surface area contributed by atoms with Crippen molar-refractivity contribution in [2.24, 2.45) is 11.1 Å². The van der Waals surface area contributed by atoms with Crippen molar-refractivity contribution in [3.05, 3.63) is 39.4 Å². The van der Waals surface area contributed by atoms with Gasteiger partial charge in [0.05, 0.1) is 17.7 Å². The Morgan fingerprint density at radius 3 is 2.75 bits per heavy atom. The molecule has 6 nitrogen and oxygen atoms in total. The molecule has 3 N–H and O–H groups in total. The number of alkyl halides is 1. The Hall–Kier alpha value is -2.48. The summed E-state index contributed by atoms with van der Waals surface area (Å²) < 4.78 is 29.7. The van der Waals surface area contributed by atoms with E-state index in [1.165, 1.54) is 4.57 Å². The Bertz CT molecular complexity index is 1030. The first-order chi connectivity index (χ1) is 13.3. The van der Waals surface area contributed by atoms with Crippen molar-refractivity contribution in [3.8, 4) is 0 Å². The number of nitrogens with two attached hydrogens (primary N) is 1. The molecule has 2 heterocycles. The van der Waals surface area contributed by atoms with Crippen LogP contribution in [0.3, 0.4) is 0 Å². The maximum absolute atomic E-state index is 15.1. The fourth-order valence-corrected chi connectivity index (χ4v) is 4.68. The SMILES string of the molecule is Cc1c(N2CC(N)CC3(CC3)C2)c(F)cc2c(=O)c(C(=O)O)cn(CCF)c12. The number of hydrogen-bond acceptors (Lipinski definition) is 4. The zero-order chi connectivity index (χ0) is 20.2. The molecule has 2 fully saturated rings. The van der Waals surface area contributed by atoms with Gasteiger partial charge in [-0.2, -0.15) is 0 Å². The highest BCUT2D eigenvalue weighted by atomic mass is 19.1. The van der Waals surface area contributed by atoms with E-state index in [4.69, 9.17) is 5.73 Å². The minimum Gasteiger partial charge on any atom is -0.477 e. The van der Waals surface area contributed by atoms with Crippen molar-refractivity contribution >= 4 is 22.6 Å². The molecule has 2 aromatic rings. The molecule has 1 atom stereocenters. The number of carboxylic acids is 1. The number of fused-ring (bicyclic) bond motifs is 1. The van der Waals surface area contributed by atoms with Crippen molar-refractivity contribution in [1.29, 1.82) is 0 Å². The summed E-state index contributed by atoms with van der Waals surface area (Å²) in [6.07, 6.45) is 4.21. The zero-order valence-corrected chi connectivity index (χ0v) is 15.7. The van der Waals surface area contributed by atoms with Gasteiger partial charge in [-0.3, -0.25) is 4.79 Å². The second-order valence-corrected chi connectivity index (χ2v) is 8.13. The van der Waals surface area contributed by atoms with Crippen molar-refractivity contribution in [2.45, 2.75) is 38.8 Å². The van der Waals surface area contributed by atoms with Crippen LogP contribution in [-0.2, 0) is 6.54 Å². The minimum atomic E-state index is -1.42. The first kappa shape index (κ1) is 18.9. The lowest BCUT2D eigenvalue weighted by Crippen LogP contribution is -2.48. The van der Waals surface area contributed by atoms with Crippen molar-refractivity contribution in [3.63, 3.8) is 0 Å². The van der Waals surface area contributed by atoms with Gasteiger partial charge in [0.2, 0.25) is 5.43 Å². The Morgan fingerprint density at radius 1 is 1.43 bits per heavy atom. The fraction of sp³-hybridized carbons (Fsp3) is 0.500. The van der Waals surface area contributed by atoms with Gasteiger partial charge in [0.1, 0.15) is 18.1 Å². The first-order valence-corrected chi connectivity index (χ1v) is 9.42. The predicted molar refractivity (Wildman–Crippen MR) is 102 cm³/mol. The fourth-order valence-electron chi connectivity index (χ4n) is 4.68. The van der Waals surface area contributed by atoms with Gasteiger partial charge in [0.15, 0.2) is 0 Å². The topological polar surface area (TPSA) is 88.6 Å². The summed E-state index contributed by atoms with van der Waals surface area (Å²) in [6.45, 7) is 2.04. The van der Waals surface area contributed by atoms with E-state index in [1.807, 2.05) is 4.90 Å². The molecule has 1 saturated carbocycles. The van der Waals surface area contributed by atoms with E-state index >= 15 is 4.39 Å². The number of aromatic nitrogens is 1. The normalized spacial score (nSPS) is 20.7. The third-order valence-corrected chi connectivity index (χ3v) is 6.03. The highest BCUT2D eigenvalue weighted by Crippen LogP contribution is 2.52. The average Bonchev–Trinajstić information content (AvgIpc) is 3.34. The molecular formula is C20H23F2N3O3. The second kappa shape index (κ2) is 6.55.